The Labute approximate surface area is 108 Å². The molecule has 5 nitrogen and oxygen atoms in total. The van der Waals surface area contributed by atoms with Gasteiger partial charge in [0.1, 0.15) is 17.6 Å². The number of hydrogen-bond donors (Lipinski definition) is 2. The van der Waals surface area contributed by atoms with Gasteiger partial charge in [0.15, 0.2) is 0 Å². The Kier molecular flexibility index (Phi) is 3.39. The molecule has 1 aromatic carbocycles. The second-order valence-electron chi connectivity index (χ2n) is 3.67. The Morgan fingerprint density at radius 2 is 2.16 bits per heavy atom. The molecule has 94 valence electrons. The van der Waals surface area contributed by atoms with E-state index in [1.807, 2.05) is 6.07 Å². The number of aromatic carboxylic acids is 1. The number of nitriles is 1. The maximum absolute atomic E-state index is 13.7. The first-order valence-electron chi connectivity index (χ1n) is 5.26. The normalized spacial score (nSPS) is 9.68. The highest BCUT2D eigenvalue weighted by molar-refractivity contribution is 5.88. The molecule has 0 aliphatic carbocycles. The van der Waals surface area contributed by atoms with Gasteiger partial charge < -0.3 is 10.4 Å². The average molecular weight is 257 g/mol. The first-order valence-corrected chi connectivity index (χ1v) is 5.26. The smallest absolute Gasteiger partial charge is 0.335 e. The zero-order valence-electron chi connectivity index (χ0n) is 9.59. The summed E-state index contributed by atoms with van der Waals surface area (Å²) < 4.78 is 13.7. The van der Waals surface area contributed by atoms with Crippen molar-refractivity contribution in [3.8, 4) is 6.07 Å². The van der Waals surface area contributed by atoms with Gasteiger partial charge in [0.25, 0.3) is 0 Å². The Hall–Kier alpha value is -2.94. The number of carboxylic acids is 1. The monoisotopic (exact) mass is 257 g/mol. The predicted molar refractivity (Wildman–Crippen MR) is 65.6 cm³/mol. The minimum absolute atomic E-state index is 0.125. The number of rotatable bonds is 3. The number of halogens is 1. The molecule has 0 radical (unpaired) electrons. The minimum Gasteiger partial charge on any atom is -0.478 e. The van der Waals surface area contributed by atoms with Crippen molar-refractivity contribution in [1.82, 2.24) is 4.98 Å². The van der Waals surface area contributed by atoms with Gasteiger partial charge in [-0.1, -0.05) is 0 Å². The van der Waals surface area contributed by atoms with E-state index < -0.39 is 11.8 Å². The van der Waals surface area contributed by atoms with E-state index in [1.165, 1.54) is 24.4 Å². The molecule has 1 heterocycles. The van der Waals surface area contributed by atoms with Crippen LogP contribution in [0.2, 0.25) is 0 Å². The average Bonchev–Trinajstić information content (AvgIpc) is 2.41. The van der Waals surface area contributed by atoms with Crippen LogP contribution in [0.25, 0.3) is 0 Å². The van der Waals surface area contributed by atoms with Crippen LogP contribution in [-0.2, 0) is 0 Å². The van der Waals surface area contributed by atoms with Crippen LogP contribution in [0.3, 0.4) is 0 Å². The molecule has 0 amide bonds. The van der Waals surface area contributed by atoms with Crippen LogP contribution in [-0.4, -0.2) is 16.1 Å². The fraction of sp³-hybridized carbons (Fsp3) is 0. The molecule has 0 atom stereocenters. The van der Waals surface area contributed by atoms with Gasteiger partial charge in [-0.05, 0) is 30.3 Å². The van der Waals surface area contributed by atoms with E-state index in [1.54, 1.807) is 6.07 Å². The zero-order valence-corrected chi connectivity index (χ0v) is 9.59. The number of carboxylic acid groups (broad SMARTS) is 1. The first-order chi connectivity index (χ1) is 9.10. The number of hydrogen-bond acceptors (Lipinski definition) is 4. The lowest BCUT2D eigenvalue weighted by molar-refractivity contribution is 0.0696. The molecular weight excluding hydrogens is 249 g/mol. The Bertz CT molecular complexity index is 680. The third kappa shape index (κ3) is 2.84. The number of nitrogens with zero attached hydrogens (tertiary/aromatic N) is 2. The largest absolute Gasteiger partial charge is 0.478 e. The number of carbonyl (C=O) groups is 1. The molecule has 0 aliphatic rings. The summed E-state index contributed by atoms with van der Waals surface area (Å²) in [6.45, 7) is 0. The maximum atomic E-state index is 13.7. The molecule has 0 saturated carbocycles. The van der Waals surface area contributed by atoms with E-state index in [4.69, 9.17) is 10.4 Å². The van der Waals surface area contributed by atoms with Gasteiger partial charge in [-0.3, -0.25) is 0 Å². The van der Waals surface area contributed by atoms with Crippen LogP contribution in [0.1, 0.15) is 16.1 Å². The van der Waals surface area contributed by atoms with E-state index in [2.05, 4.69) is 10.3 Å². The Morgan fingerprint density at radius 1 is 1.37 bits per heavy atom. The number of benzene rings is 1. The summed E-state index contributed by atoms with van der Waals surface area (Å²) in [6.07, 6.45) is 1.42. The van der Waals surface area contributed by atoms with Crippen LogP contribution < -0.4 is 5.32 Å². The van der Waals surface area contributed by atoms with Crippen molar-refractivity contribution in [3.63, 3.8) is 0 Å². The quantitative estimate of drug-likeness (QED) is 0.882. The van der Waals surface area contributed by atoms with Gasteiger partial charge in [0, 0.05) is 11.9 Å². The summed E-state index contributed by atoms with van der Waals surface area (Å²) in [4.78, 5) is 14.5. The van der Waals surface area contributed by atoms with Gasteiger partial charge in [-0.15, -0.1) is 0 Å². The van der Waals surface area contributed by atoms with Crippen LogP contribution in [0.4, 0.5) is 15.8 Å². The SMILES string of the molecule is N#Cc1cc(Nc2ccc(C(=O)O)cc2F)ccn1. The highest BCUT2D eigenvalue weighted by Gasteiger charge is 2.08. The Balaban J connectivity index is 2.28. The van der Waals surface area contributed by atoms with E-state index >= 15 is 0 Å². The molecular formula is C13H8FN3O2. The number of aromatic nitrogens is 1. The molecule has 0 spiro atoms. The van der Waals surface area contributed by atoms with Crippen molar-refractivity contribution in [1.29, 1.82) is 5.26 Å². The molecule has 2 N–H and O–H groups in total. The van der Waals surface area contributed by atoms with Crippen molar-refractivity contribution in [3.05, 3.63) is 53.6 Å². The lowest BCUT2D eigenvalue weighted by Gasteiger charge is -2.08. The van der Waals surface area contributed by atoms with Crippen molar-refractivity contribution in [2.75, 3.05) is 5.32 Å². The van der Waals surface area contributed by atoms with Crippen LogP contribution >= 0.6 is 0 Å². The number of pyridine rings is 1. The van der Waals surface area contributed by atoms with Gasteiger partial charge in [-0.2, -0.15) is 5.26 Å². The lowest BCUT2D eigenvalue weighted by atomic mass is 10.2. The van der Waals surface area contributed by atoms with Crippen molar-refractivity contribution >= 4 is 17.3 Å². The second-order valence-corrected chi connectivity index (χ2v) is 3.67. The highest BCUT2D eigenvalue weighted by Crippen LogP contribution is 2.21. The predicted octanol–water partition coefficient (Wildman–Crippen LogP) is 2.53. The Morgan fingerprint density at radius 3 is 2.79 bits per heavy atom. The number of anilines is 2. The molecule has 2 rings (SSSR count). The van der Waals surface area contributed by atoms with E-state index in [0.29, 0.717) is 5.69 Å². The third-order valence-electron chi connectivity index (χ3n) is 2.37. The molecule has 2 aromatic rings. The van der Waals surface area contributed by atoms with E-state index in [9.17, 15) is 9.18 Å². The standard InChI is InChI=1S/C13H8FN3O2/c14-11-5-8(13(18)19)1-2-12(11)17-9-3-4-16-10(6-9)7-15/h1-6H,(H,16,17)(H,18,19). The summed E-state index contributed by atoms with van der Waals surface area (Å²) in [5, 5.41) is 20.2. The third-order valence-corrected chi connectivity index (χ3v) is 2.37. The topological polar surface area (TPSA) is 86.0 Å². The lowest BCUT2D eigenvalue weighted by Crippen LogP contribution is -2.00. The second kappa shape index (κ2) is 5.14. The van der Waals surface area contributed by atoms with Gasteiger partial charge in [0.05, 0.1) is 11.3 Å². The summed E-state index contributed by atoms with van der Waals surface area (Å²) >= 11 is 0. The molecule has 0 unspecified atom stereocenters. The highest BCUT2D eigenvalue weighted by atomic mass is 19.1. The minimum atomic E-state index is -1.19. The fourth-order valence-corrected chi connectivity index (χ4v) is 1.47. The summed E-state index contributed by atoms with van der Waals surface area (Å²) in [5.74, 6) is -1.88. The van der Waals surface area contributed by atoms with Gasteiger partial charge in [-0.25, -0.2) is 14.2 Å². The van der Waals surface area contributed by atoms with Crippen LogP contribution in [0, 0.1) is 17.1 Å². The molecule has 6 heteroatoms. The molecule has 0 aliphatic heterocycles. The van der Waals surface area contributed by atoms with Gasteiger partial charge >= 0.3 is 5.97 Å². The molecule has 1 aromatic heterocycles. The summed E-state index contributed by atoms with van der Waals surface area (Å²) in [6, 6.07) is 8.45. The van der Waals surface area contributed by atoms with E-state index in [-0.39, 0.29) is 16.9 Å². The first kappa shape index (κ1) is 12.5. The van der Waals surface area contributed by atoms with Crippen molar-refractivity contribution in [2.45, 2.75) is 0 Å². The summed E-state index contributed by atoms with van der Waals surface area (Å²) in [7, 11) is 0. The fourth-order valence-electron chi connectivity index (χ4n) is 1.47. The molecule has 19 heavy (non-hydrogen) atoms. The molecule has 0 fully saturated rings. The van der Waals surface area contributed by atoms with Crippen molar-refractivity contribution in [2.24, 2.45) is 0 Å². The van der Waals surface area contributed by atoms with Gasteiger partial charge in [0.2, 0.25) is 0 Å². The van der Waals surface area contributed by atoms with E-state index in [0.717, 1.165) is 6.07 Å². The van der Waals surface area contributed by atoms with Crippen LogP contribution in [0.5, 0.6) is 0 Å². The maximum Gasteiger partial charge on any atom is 0.335 e. The van der Waals surface area contributed by atoms with Crippen molar-refractivity contribution < 1.29 is 14.3 Å². The molecule has 0 saturated heterocycles. The van der Waals surface area contributed by atoms with Crippen LogP contribution in [0.15, 0.2) is 36.5 Å². The zero-order chi connectivity index (χ0) is 13.8. The molecule has 0 bridgehead atoms. The summed E-state index contributed by atoms with van der Waals surface area (Å²) in [5.41, 5.74) is 0.691. The number of nitrogens with one attached hydrogen (secondary N) is 1.